The molecule has 0 saturated carbocycles. The van der Waals surface area contributed by atoms with Gasteiger partial charge in [-0.05, 0) is 48.5 Å². The number of nitrogens with one attached hydrogen (secondary N) is 2. The smallest absolute Gasteiger partial charge is 0.255 e. The number of amides is 2. The zero-order valence-corrected chi connectivity index (χ0v) is 21.2. The number of hydrogen-bond acceptors (Lipinski definition) is 7. The Morgan fingerprint density at radius 2 is 1.43 bits per heavy atom. The lowest BCUT2D eigenvalue weighted by atomic mass is 10.2. The topological polar surface area (TPSA) is 95.1 Å². The largest absolute Gasteiger partial charge is 0.495 e. The fraction of sp³-hybridized carbons (Fsp3) is 0.200. The summed E-state index contributed by atoms with van der Waals surface area (Å²) in [5, 5.41) is 6.00. The van der Waals surface area contributed by atoms with E-state index < -0.39 is 0 Å². The summed E-state index contributed by atoms with van der Waals surface area (Å²) in [6.45, 7) is 0. The summed E-state index contributed by atoms with van der Waals surface area (Å²) in [5.41, 5.74) is 1.51. The number of halogens is 1. The second-order valence-electron chi connectivity index (χ2n) is 7.07. The second kappa shape index (κ2) is 12.2. The molecule has 0 aliphatic carbocycles. The molecule has 2 amide bonds. The summed E-state index contributed by atoms with van der Waals surface area (Å²) < 4.78 is 20.9. The van der Waals surface area contributed by atoms with Gasteiger partial charge in [-0.1, -0.05) is 11.6 Å². The Bertz CT molecular complexity index is 1200. The van der Waals surface area contributed by atoms with Crippen molar-refractivity contribution in [2.75, 3.05) is 44.8 Å². The van der Waals surface area contributed by atoms with Crippen molar-refractivity contribution in [3.63, 3.8) is 0 Å². The van der Waals surface area contributed by atoms with Crippen LogP contribution in [-0.2, 0) is 4.79 Å². The first kappa shape index (κ1) is 26.1. The minimum atomic E-state index is -0.280. The van der Waals surface area contributed by atoms with Gasteiger partial charge in [0.25, 0.3) is 5.91 Å². The van der Waals surface area contributed by atoms with Gasteiger partial charge in [0.05, 0.1) is 44.9 Å². The third kappa shape index (κ3) is 6.74. The molecule has 8 nitrogen and oxygen atoms in total. The molecule has 2 N–H and O–H groups in total. The maximum absolute atomic E-state index is 12.6. The molecule has 0 unspecified atom stereocenters. The van der Waals surface area contributed by atoms with Crippen LogP contribution in [0.15, 0.2) is 59.5 Å². The van der Waals surface area contributed by atoms with Crippen molar-refractivity contribution in [2.45, 2.75) is 4.90 Å². The van der Waals surface area contributed by atoms with Crippen LogP contribution in [0.25, 0.3) is 0 Å². The van der Waals surface area contributed by atoms with Gasteiger partial charge in [-0.3, -0.25) is 9.59 Å². The second-order valence-corrected chi connectivity index (χ2v) is 8.53. The maximum Gasteiger partial charge on any atom is 0.255 e. The highest BCUT2D eigenvalue weighted by molar-refractivity contribution is 8.00. The molecular formula is C25H25ClN2O6S. The molecule has 3 aromatic carbocycles. The van der Waals surface area contributed by atoms with E-state index in [1.807, 2.05) is 12.1 Å². The highest BCUT2D eigenvalue weighted by atomic mass is 35.5. The minimum Gasteiger partial charge on any atom is -0.495 e. The monoisotopic (exact) mass is 516 g/mol. The van der Waals surface area contributed by atoms with E-state index in [2.05, 4.69) is 10.6 Å². The molecule has 3 rings (SSSR count). The molecule has 0 aliphatic rings. The Morgan fingerprint density at radius 1 is 0.771 bits per heavy atom. The molecular weight excluding hydrogens is 492 g/mol. The highest BCUT2D eigenvalue weighted by Gasteiger charge is 2.14. The van der Waals surface area contributed by atoms with Crippen LogP contribution >= 0.6 is 23.4 Å². The van der Waals surface area contributed by atoms with Crippen LogP contribution in [0.3, 0.4) is 0 Å². The van der Waals surface area contributed by atoms with Crippen LogP contribution in [0, 0.1) is 0 Å². The van der Waals surface area contributed by atoms with Gasteiger partial charge in [-0.15, -0.1) is 11.8 Å². The van der Waals surface area contributed by atoms with Gasteiger partial charge >= 0.3 is 0 Å². The predicted molar refractivity (Wildman–Crippen MR) is 138 cm³/mol. The first-order valence-corrected chi connectivity index (χ1v) is 11.7. The summed E-state index contributed by atoms with van der Waals surface area (Å²) in [7, 11) is 6.05. The molecule has 0 atom stereocenters. The number of carbonyl (C=O) groups is 2. The summed E-state index contributed by atoms with van der Waals surface area (Å²) >= 11 is 7.51. The number of carbonyl (C=O) groups excluding carboxylic acids is 2. The number of rotatable bonds is 10. The Balaban J connectivity index is 1.57. The van der Waals surface area contributed by atoms with Gasteiger partial charge in [0.2, 0.25) is 5.91 Å². The van der Waals surface area contributed by atoms with Crippen molar-refractivity contribution in [3.8, 4) is 23.0 Å². The summed E-state index contributed by atoms with van der Waals surface area (Å²) in [6.07, 6.45) is 0. The van der Waals surface area contributed by atoms with Gasteiger partial charge < -0.3 is 29.6 Å². The summed E-state index contributed by atoms with van der Waals surface area (Å²) in [5.74, 6) is 1.58. The number of hydrogen-bond donors (Lipinski definition) is 2. The van der Waals surface area contributed by atoms with E-state index in [0.29, 0.717) is 45.0 Å². The van der Waals surface area contributed by atoms with Gasteiger partial charge in [0.15, 0.2) is 11.5 Å². The Morgan fingerprint density at radius 3 is 2.06 bits per heavy atom. The molecule has 0 fully saturated rings. The minimum absolute atomic E-state index is 0.171. The van der Waals surface area contributed by atoms with Crippen molar-refractivity contribution in [1.82, 2.24) is 0 Å². The van der Waals surface area contributed by atoms with Crippen molar-refractivity contribution >= 4 is 46.6 Å². The lowest BCUT2D eigenvalue weighted by molar-refractivity contribution is -0.113. The fourth-order valence-corrected chi connectivity index (χ4v) is 4.05. The van der Waals surface area contributed by atoms with Crippen LogP contribution in [-0.4, -0.2) is 46.0 Å². The molecule has 0 spiro atoms. The van der Waals surface area contributed by atoms with Gasteiger partial charge in [-0.2, -0.15) is 0 Å². The molecule has 0 heterocycles. The molecule has 0 bridgehead atoms. The molecule has 0 saturated heterocycles. The zero-order chi connectivity index (χ0) is 25.4. The van der Waals surface area contributed by atoms with Crippen LogP contribution in [0.2, 0.25) is 5.02 Å². The van der Waals surface area contributed by atoms with Gasteiger partial charge in [-0.25, -0.2) is 0 Å². The number of methoxy groups -OCH3 is 4. The third-order valence-corrected chi connectivity index (χ3v) is 6.18. The maximum atomic E-state index is 12.6. The van der Waals surface area contributed by atoms with E-state index in [4.69, 9.17) is 30.5 Å². The fourth-order valence-electron chi connectivity index (χ4n) is 3.11. The third-order valence-electron chi connectivity index (χ3n) is 4.88. The lowest BCUT2D eigenvalue weighted by Gasteiger charge is -2.13. The molecule has 10 heteroatoms. The van der Waals surface area contributed by atoms with E-state index in [0.717, 1.165) is 4.90 Å². The SMILES string of the molecule is COc1cc(OC)c(NC(=O)CSc2ccc(NC(=O)c3ccc(OC)c(OC)c3)cc2)cc1Cl. The zero-order valence-electron chi connectivity index (χ0n) is 19.6. The number of anilines is 2. The standard InChI is InChI=1S/C25H25ClN2O6S/c1-31-20-10-5-15(11-23(20)34-4)25(30)27-16-6-8-17(9-7-16)35-14-24(29)28-19-12-18(26)21(32-2)13-22(19)33-3/h5-13H,14H2,1-4H3,(H,27,30)(H,28,29). The van der Waals surface area contributed by atoms with Crippen LogP contribution < -0.4 is 29.6 Å². The Hall–Kier alpha value is -3.56. The van der Waals surface area contributed by atoms with E-state index >= 15 is 0 Å². The normalized spacial score (nSPS) is 10.3. The van der Waals surface area contributed by atoms with Crippen LogP contribution in [0.5, 0.6) is 23.0 Å². The van der Waals surface area contributed by atoms with E-state index in [-0.39, 0.29) is 17.6 Å². The number of thioether (sulfide) groups is 1. The first-order chi connectivity index (χ1) is 16.9. The van der Waals surface area contributed by atoms with Crippen molar-refractivity contribution in [3.05, 3.63) is 65.2 Å². The molecule has 0 aromatic heterocycles. The molecule has 184 valence electrons. The van der Waals surface area contributed by atoms with E-state index in [9.17, 15) is 9.59 Å². The summed E-state index contributed by atoms with van der Waals surface area (Å²) in [4.78, 5) is 25.9. The Kier molecular flexibility index (Phi) is 9.11. The summed E-state index contributed by atoms with van der Waals surface area (Å²) in [6, 6.07) is 15.3. The van der Waals surface area contributed by atoms with Gasteiger partial charge in [0, 0.05) is 22.2 Å². The number of benzene rings is 3. The van der Waals surface area contributed by atoms with Crippen LogP contribution in [0.4, 0.5) is 11.4 Å². The van der Waals surface area contributed by atoms with E-state index in [1.165, 1.54) is 40.2 Å². The predicted octanol–water partition coefficient (Wildman–Crippen LogP) is 5.36. The highest BCUT2D eigenvalue weighted by Crippen LogP contribution is 2.36. The molecule has 0 aliphatic heterocycles. The molecule has 3 aromatic rings. The van der Waals surface area contributed by atoms with E-state index in [1.54, 1.807) is 42.5 Å². The average molecular weight is 517 g/mol. The molecule has 0 radical (unpaired) electrons. The van der Waals surface area contributed by atoms with Crippen molar-refractivity contribution < 1.29 is 28.5 Å². The average Bonchev–Trinajstić information content (AvgIpc) is 2.88. The van der Waals surface area contributed by atoms with Crippen molar-refractivity contribution in [2.24, 2.45) is 0 Å². The van der Waals surface area contributed by atoms with Crippen LogP contribution in [0.1, 0.15) is 10.4 Å². The van der Waals surface area contributed by atoms with Gasteiger partial charge in [0.1, 0.15) is 11.5 Å². The Labute approximate surface area is 212 Å². The molecule has 35 heavy (non-hydrogen) atoms. The van der Waals surface area contributed by atoms with Crippen molar-refractivity contribution in [1.29, 1.82) is 0 Å². The number of ether oxygens (including phenoxy) is 4. The lowest BCUT2D eigenvalue weighted by Crippen LogP contribution is -2.15. The first-order valence-electron chi connectivity index (χ1n) is 10.4. The quantitative estimate of drug-likeness (QED) is 0.350.